The van der Waals surface area contributed by atoms with E-state index in [9.17, 15) is 4.79 Å². The molecule has 2 aromatic rings. The highest BCUT2D eigenvalue weighted by Gasteiger charge is 2.26. The molecule has 0 unspecified atom stereocenters. The topological polar surface area (TPSA) is 79.8 Å². The van der Waals surface area contributed by atoms with E-state index < -0.39 is 5.60 Å². The van der Waals surface area contributed by atoms with Crippen LogP contribution in [0.4, 0.5) is 22.2 Å². The lowest BCUT2D eigenvalue weighted by molar-refractivity contribution is 0.0240. The first-order valence-electron chi connectivity index (χ1n) is 9.42. The molecule has 9 heteroatoms. The lowest BCUT2D eigenvalue weighted by atomic mass is 10.2. The number of aromatic nitrogens is 2. The number of amides is 1. The van der Waals surface area contributed by atoms with E-state index in [2.05, 4.69) is 20.2 Å². The Morgan fingerprint density at radius 1 is 1.10 bits per heavy atom. The van der Waals surface area contributed by atoms with Crippen molar-refractivity contribution >= 4 is 35.1 Å². The second-order valence-electron chi connectivity index (χ2n) is 7.68. The fourth-order valence-electron chi connectivity index (χ4n) is 2.87. The van der Waals surface area contributed by atoms with Crippen molar-refractivity contribution in [1.82, 2.24) is 14.9 Å². The van der Waals surface area contributed by atoms with Crippen LogP contribution in [-0.4, -0.2) is 59.9 Å². The van der Waals surface area contributed by atoms with Crippen LogP contribution < -0.4 is 15.0 Å². The normalized spacial score (nSPS) is 14.5. The average molecular weight is 420 g/mol. The Morgan fingerprint density at radius 2 is 1.76 bits per heavy atom. The van der Waals surface area contributed by atoms with Gasteiger partial charge in [0, 0.05) is 37.9 Å². The third-order valence-electron chi connectivity index (χ3n) is 4.28. The molecule has 0 aliphatic carbocycles. The first-order valence-corrected chi connectivity index (χ1v) is 9.80. The molecule has 1 N–H and O–H groups in total. The van der Waals surface area contributed by atoms with Gasteiger partial charge < -0.3 is 24.6 Å². The summed E-state index contributed by atoms with van der Waals surface area (Å²) >= 11 is 6.21. The van der Waals surface area contributed by atoms with E-state index in [1.54, 1.807) is 18.1 Å². The fraction of sp³-hybridized carbons (Fsp3) is 0.450. The zero-order valence-electron chi connectivity index (χ0n) is 17.1. The molecule has 1 aromatic heterocycles. The summed E-state index contributed by atoms with van der Waals surface area (Å²) in [6.07, 6.45) is -0.292. The van der Waals surface area contributed by atoms with Crippen LogP contribution in [0.1, 0.15) is 20.8 Å². The maximum atomic E-state index is 12.2. The number of rotatable bonds is 4. The summed E-state index contributed by atoms with van der Waals surface area (Å²) < 4.78 is 10.6. The highest BCUT2D eigenvalue weighted by molar-refractivity contribution is 6.29. The van der Waals surface area contributed by atoms with E-state index in [1.807, 2.05) is 45.0 Å². The van der Waals surface area contributed by atoms with Crippen molar-refractivity contribution in [2.75, 3.05) is 43.5 Å². The zero-order valence-corrected chi connectivity index (χ0v) is 17.9. The number of ether oxygens (including phenoxy) is 2. The quantitative estimate of drug-likeness (QED) is 0.751. The Hall–Kier alpha value is -2.74. The molecule has 3 rings (SSSR count). The van der Waals surface area contributed by atoms with Gasteiger partial charge in [-0.3, -0.25) is 0 Å². The molecule has 2 heterocycles. The van der Waals surface area contributed by atoms with Gasteiger partial charge >= 0.3 is 6.09 Å². The standard InChI is InChI=1S/C20H26ClN5O3/c1-20(2,3)29-19(27)26-11-9-25(10-12-26)17-13-16(21)23-18(24-17)22-14-5-7-15(28-4)8-6-14/h5-8,13H,9-12H2,1-4H3,(H,22,23,24). The molecular formula is C20H26ClN5O3. The van der Waals surface area contributed by atoms with Crippen molar-refractivity contribution in [1.29, 1.82) is 0 Å². The van der Waals surface area contributed by atoms with Gasteiger partial charge in [-0.25, -0.2) is 9.78 Å². The molecular weight excluding hydrogens is 394 g/mol. The molecule has 8 nitrogen and oxygen atoms in total. The van der Waals surface area contributed by atoms with Crippen LogP contribution in [0.3, 0.4) is 0 Å². The number of carbonyl (C=O) groups is 1. The minimum Gasteiger partial charge on any atom is -0.497 e. The first kappa shape index (κ1) is 21.0. The first-order chi connectivity index (χ1) is 13.7. The number of benzene rings is 1. The molecule has 1 aromatic carbocycles. The summed E-state index contributed by atoms with van der Waals surface area (Å²) in [7, 11) is 1.62. The Balaban J connectivity index is 1.65. The van der Waals surface area contributed by atoms with Crippen LogP contribution >= 0.6 is 11.6 Å². The smallest absolute Gasteiger partial charge is 0.410 e. The van der Waals surface area contributed by atoms with Crippen molar-refractivity contribution < 1.29 is 14.3 Å². The van der Waals surface area contributed by atoms with E-state index in [4.69, 9.17) is 21.1 Å². The van der Waals surface area contributed by atoms with E-state index in [0.29, 0.717) is 43.1 Å². The number of nitrogens with zero attached hydrogens (tertiary/aromatic N) is 4. The van der Waals surface area contributed by atoms with Crippen LogP contribution in [0.2, 0.25) is 5.15 Å². The molecule has 0 radical (unpaired) electrons. The number of hydrogen-bond donors (Lipinski definition) is 1. The highest BCUT2D eigenvalue weighted by atomic mass is 35.5. The number of hydrogen-bond acceptors (Lipinski definition) is 7. The Labute approximate surface area is 175 Å². The van der Waals surface area contributed by atoms with Gasteiger partial charge in [0.05, 0.1) is 7.11 Å². The Kier molecular flexibility index (Phi) is 6.32. The summed E-state index contributed by atoms with van der Waals surface area (Å²) in [6, 6.07) is 9.18. The maximum absolute atomic E-state index is 12.2. The lowest BCUT2D eigenvalue weighted by Crippen LogP contribution is -2.50. The van der Waals surface area contributed by atoms with Gasteiger partial charge in [-0.1, -0.05) is 11.6 Å². The second-order valence-corrected chi connectivity index (χ2v) is 8.07. The van der Waals surface area contributed by atoms with Gasteiger partial charge in [0.25, 0.3) is 0 Å². The summed E-state index contributed by atoms with van der Waals surface area (Å²) in [6.45, 7) is 7.96. The van der Waals surface area contributed by atoms with Gasteiger partial charge in [0.1, 0.15) is 22.3 Å². The van der Waals surface area contributed by atoms with Crippen molar-refractivity contribution in [3.63, 3.8) is 0 Å². The molecule has 1 saturated heterocycles. The van der Waals surface area contributed by atoms with Crippen molar-refractivity contribution in [2.24, 2.45) is 0 Å². The SMILES string of the molecule is COc1ccc(Nc2nc(Cl)cc(N3CCN(C(=O)OC(C)(C)C)CC3)n2)cc1. The summed E-state index contributed by atoms with van der Waals surface area (Å²) in [5.41, 5.74) is 0.324. The van der Waals surface area contributed by atoms with E-state index in [-0.39, 0.29) is 6.09 Å². The largest absolute Gasteiger partial charge is 0.497 e. The number of carbonyl (C=O) groups excluding carboxylic acids is 1. The summed E-state index contributed by atoms with van der Waals surface area (Å²) in [4.78, 5) is 24.8. The second kappa shape index (κ2) is 8.73. The van der Waals surface area contributed by atoms with Crippen molar-refractivity contribution in [3.8, 4) is 5.75 Å². The molecule has 1 fully saturated rings. The van der Waals surface area contributed by atoms with Crippen molar-refractivity contribution in [3.05, 3.63) is 35.5 Å². The van der Waals surface area contributed by atoms with Crippen LogP contribution in [0.25, 0.3) is 0 Å². The third-order valence-corrected chi connectivity index (χ3v) is 4.48. The summed E-state index contributed by atoms with van der Waals surface area (Å²) in [5.74, 6) is 1.89. The van der Waals surface area contributed by atoms with Gasteiger partial charge in [0.2, 0.25) is 5.95 Å². The van der Waals surface area contributed by atoms with Crippen LogP contribution in [-0.2, 0) is 4.74 Å². The lowest BCUT2D eigenvalue weighted by Gasteiger charge is -2.36. The number of nitrogens with one attached hydrogen (secondary N) is 1. The number of halogens is 1. The molecule has 0 atom stereocenters. The van der Waals surface area contributed by atoms with Gasteiger partial charge in [-0.15, -0.1) is 0 Å². The third kappa shape index (κ3) is 5.87. The minimum absolute atomic E-state index is 0.292. The molecule has 0 spiro atoms. The number of piperazine rings is 1. The molecule has 1 amide bonds. The maximum Gasteiger partial charge on any atom is 0.410 e. The zero-order chi connectivity index (χ0) is 21.0. The fourth-order valence-corrected chi connectivity index (χ4v) is 3.05. The predicted molar refractivity (Wildman–Crippen MR) is 113 cm³/mol. The van der Waals surface area contributed by atoms with Crippen LogP contribution in [0.15, 0.2) is 30.3 Å². The van der Waals surface area contributed by atoms with Gasteiger partial charge in [0.15, 0.2) is 0 Å². The molecule has 0 bridgehead atoms. The monoisotopic (exact) mass is 419 g/mol. The van der Waals surface area contributed by atoms with Gasteiger partial charge in [-0.2, -0.15) is 4.98 Å². The van der Waals surface area contributed by atoms with E-state index >= 15 is 0 Å². The highest BCUT2D eigenvalue weighted by Crippen LogP contribution is 2.23. The molecule has 1 aliphatic rings. The van der Waals surface area contributed by atoms with Gasteiger partial charge in [-0.05, 0) is 45.0 Å². The molecule has 0 saturated carbocycles. The van der Waals surface area contributed by atoms with Crippen molar-refractivity contribution in [2.45, 2.75) is 26.4 Å². The predicted octanol–water partition coefficient (Wildman–Crippen LogP) is 3.94. The number of methoxy groups -OCH3 is 1. The van der Waals surface area contributed by atoms with Crippen LogP contribution in [0, 0.1) is 0 Å². The van der Waals surface area contributed by atoms with E-state index in [0.717, 1.165) is 11.4 Å². The van der Waals surface area contributed by atoms with E-state index in [1.165, 1.54) is 0 Å². The minimum atomic E-state index is -0.504. The number of anilines is 3. The Bertz CT molecular complexity index is 846. The molecule has 29 heavy (non-hydrogen) atoms. The molecule has 1 aliphatic heterocycles. The average Bonchev–Trinajstić information content (AvgIpc) is 2.67. The molecule has 156 valence electrons. The summed E-state index contributed by atoms with van der Waals surface area (Å²) in [5, 5.41) is 3.50. The Morgan fingerprint density at radius 3 is 2.34 bits per heavy atom. The van der Waals surface area contributed by atoms with Crippen LogP contribution in [0.5, 0.6) is 5.75 Å².